The lowest BCUT2D eigenvalue weighted by molar-refractivity contribution is -0.543. The number of nitro groups is 1. The average Bonchev–Trinajstić information content (AvgIpc) is 2.08. The minimum absolute atomic E-state index is 0.118. The molecule has 76 valence electrons. The van der Waals surface area contributed by atoms with Gasteiger partial charge in [0.1, 0.15) is 0 Å². The van der Waals surface area contributed by atoms with Gasteiger partial charge >= 0.3 is 6.03 Å². The summed E-state index contributed by atoms with van der Waals surface area (Å²) in [7, 11) is 0. The second kappa shape index (κ2) is 7.14. The zero-order chi connectivity index (χ0) is 10.1. The first-order valence-corrected chi connectivity index (χ1v) is 4.06. The number of hydrogen-bond donors (Lipinski definition) is 3. The van der Waals surface area contributed by atoms with Crippen molar-refractivity contribution in [3.8, 4) is 0 Å². The minimum atomic E-state index is -0.647. The first kappa shape index (κ1) is 11.5. The fourth-order valence-electron chi connectivity index (χ4n) is 0.624. The second-order valence-electron chi connectivity index (χ2n) is 2.35. The van der Waals surface area contributed by atoms with E-state index in [2.05, 4.69) is 10.6 Å². The van der Waals surface area contributed by atoms with Gasteiger partial charge in [-0.05, 0) is 6.42 Å². The van der Waals surface area contributed by atoms with E-state index >= 15 is 0 Å². The Balaban J connectivity index is 3.22. The first-order valence-electron chi connectivity index (χ1n) is 4.06. The Labute approximate surface area is 76.0 Å². The molecule has 0 bridgehead atoms. The highest BCUT2D eigenvalue weighted by Crippen LogP contribution is 1.70. The molecule has 0 unspecified atom stereocenters. The minimum Gasteiger partial charge on any atom is -0.338 e. The second-order valence-corrected chi connectivity index (χ2v) is 2.35. The van der Waals surface area contributed by atoms with E-state index in [0.29, 0.717) is 6.54 Å². The lowest BCUT2D eigenvalue weighted by Crippen LogP contribution is -2.40. The largest absolute Gasteiger partial charge is 0.338 e. The molecule has 0 spiro atoms. The molecule has 0 aliphatic carbocycles. The van der Waals surface area contributed by atoms with Crippen LogP contribution in [0.3, 0.4) is 0 Å². The van der Waals surface area contributed by atoms with Crippen LogP contribution in [0, 0.1) is 10.1 Å². The average molecular weight is 190 g/mol. The number of carbonyl (C=O) groups excluding carboxylic acids is 1. The summed E-state index contributed by atoms with van der Waals surface area (Å²) in [6, 6.07) is -0.299. The smallest absolute Gasteiger partial charge is 0.314 e. The van der Waals surface area contributed by atoms with Crippen LogP contribution in [0.1, 0.15) is 13.3 Å². The summed E-state index contributed by atoms with van der Waals surface area (Å²) in [5.74, 6) is 0. The Bertz CT molecular complexity index is 173. The van der Waals surface area contributed by atoms with Gasteiger partial charge in [-0.3, -0.25) is 0 Å². The number of amides is 2. The van der Waals surface area contributed by atoms with Crippen LogP contribution in [-0.2, 0) is 0 Å². The fraction of sp³-hybridized carbons (Fsp3) is 0.833. The molecule has 7 nitrogen and oxygen atoms in total. The van der Waals surface area contributed by atoms with Crippen molar-refractivity contribution in [1.29, 1.82) is 0 Å². The third-order valence-corrected chi connectivity index (χ3v) is 1.19. The van der Waals surface area contributed by atoms with E-state index < -0.39 is 5.03 Å². The summed E-state index contributed by atoms with van der Waals surface area (Å²) in [4.78, 5) is 20.6. The molecule has 7 heteroatoms. The Morgan fingerprint density at radius 3 is 2.46 bits per heavy atom. The van der Waals surface area contributed by atoms with Gasteiger partial charge in [-0.15, -0.1) is 5.43 Å². The summed E-state index contributed by atoms with van der Waals surface area (Å²) in [6.45, 7) is 2.89. The third kappa shape index (κ3) is 8.38. The van der Waals surface area contributed by atoms with Crippen molar-refractivity contribution in [2.75, 3.05) is 19.6 Å². The van der Waals surface area contributed by atoms with Crippen LogP contribution in [0.2, 0.25) is 0 Å². The van der Waals surface area contributed by atoms with E-state index in [-0.39, 0.29) is 19.1 Å². The Morgan fingerprint density at radius 1 is 1.31 bits per heavy atom. The van der Waals surface area contributed by atoms with Crippen molar-refractivity contribution >= 4 is 6.03 Å². The highest BCUT2D eigenvalue weighted by atomic mass is 16.7. The molecule has 0 fully saturated rings. The maximum absolute atomic E-state index is 10.8. The number of rotatable bonds is 6. The van der Waals surface area contributed by atoms with E-state index in [4.69, 9.17) is 0 Å². The summed E-state index contributed by atoms with van der Waals surface area (Å²) in [5, 5.41) is 14.2. The molecule has 0 heterocycles. The maximum Gasteiger partial charge on any atom is 0.314 e. The topological polar surface area (TPSA) is 96.3 Å². The van der Waals surface area contributed by atoms with Crippen LogP contribution in [0.15, 0.2) is 0 Å². The number of carbonyl (C=O) groups is 1. The van der Waals surface area contributed by atoms with Gasteiger partial charge in [0.05, 0.1) is 6.54 Å². The number of nitrogens with zero attached hydrogens (tertiary/aromatic N) is 1. The number of urea groups is 1. The molecule has 0 saturated carbocycles. The molecule has 3 N–H and O–H groups in total. The van der Waals surface area contributed by atoms with E-state index in [1.165, 1.54) is 0 Å². The molecule has 0 saturated heterocycles. The van der Waals surface area contributed by atoms with Crippen molar-refractivity contribution in [3.63, 3.8) is 0 Å². The van der Waals surface area contributed by atoms with Crippen LogP contribution in [0.5, 0.6) is 0 Å². The van der Waals surface area contributed by atoms with Crippen LogP contribution in [-0.4, -0.2) is 30.7 Å². The molecule has 0 rings (SSSR count). The van der Waals surface area contributed by atoms with Crippen molar-refractivity contribution in [2.45, 2.75) is 13.3 Å². The highest BCUT2D eigenvalue weighted by Gasteiger charge is 1.98. The van der Waals surface area contributed by atoms with Gasteiger partial charge in [-0.25, -0.2) is 14.9 Å². The Hall–Kier alpha value is -1.53. The van der Waals surface area contributed by atoms with Gasteiger partial charge in [-0.1, -0.05) is 6.92 Å². The van der Waals surface area contributed by atoms with Gasteiger partial charge in [0.2, 0.25) is 0 Å². The Morgan fingerprint density at radius 2 is 1.92 bits per heavy atom. The van der Waals surface area contributed by atoms with Crippen LogP contribution >= 0.6 is 0 Å². The van der Waals surface area contributed by atoms with Gasteiger partial charge in [-0.2, -0.15) is 0 Å². The molecule has 0 atom stereocenters. The fourth-order valence-corrected chi connectivity index (χ4v) is 0.624. The van der Waals surface area contributed by atoms with Gasteiger partial charge in [0.25, 0.3) is 0 Å². The van der Waals surface area contributed by atoms with Crippen molar-refractivity contribution < 1.29 is 9.83 Å². The molecule has 0 radical (unpaired) electrons. The maximum atomic E-state index is 10.8. The predicted octanol–water partition coefficient (Wildman–Crippen LogP) is -0.523. The van der Waals surface area contributed by atoms with Gasteiger partial charge in [0, 0.05) is 13.1 Å². The monoisotopic (exact) mass is 190 g/mol. The highest BCUT2D eigenvalue weighted by molar-refractivity contribution is 5.73. The zero-order valence-corrected chi connectivity index (χ0v) is 7.50. The molecular weight excluding hydrogens is 176 g/mol. The van der Waals surface area contributed by atoms with Crippen LogP contribution in [0.4, 0.5) is 4.79 Å². The lowest BCUT2D eigenvalue weighted by atomic mass is 10.5. The summed E-state index contributed by atoms with van der Waals surface area (Å²) < 4.78 is 0. The SMILES string of the molecule is CCCNC(=O)NCCN[N+](=O)[O-]. The summed E-state index contributed by atoms with van der Waals surface area (Å²) in [6.07, 6.45) is 0.862. The molecule has 0 aromatic carbocycles. The standard InChI is InChI=1S/C6H14N4O3/c1-2-3-7-6(11)8-4-5-9-10(12)13/h9H,2-5H2,1H3,(H2,7,8,11). The van der Waals surface area contributed by atoms with E-state index in [1.807, 2.05) is 12.3 Å². The van der Waals surface area contributed by atoms with Crippen molar-refractivity contribution in [1.82, 2.24) is 16.1 Å². The van der Waals surface area contributed by atoms with Crippen molar-refractivity contribution in [2.24, 2.45) is 0 Å². The molecular formula is C6H14N4O3. The zero-order valence-electron chi connectivity index (χ0n) is 7.50. The van der Waals surface area contributed by atoms with Gasteiger partial charge < -0.3 is 10.6 Å². The first-order chi connectivity index (χ1) is 6.16. The third-order valence-electron chi connectivity index (χ3n) is 1.19. The van der Waals surface area contributed by atoms with Crippen LogP contribution < -0.4 is 16.1 Å². The molecule has 2 amide bonds. The van der Waals surface area contributed by atoms with Gasteiger partial charge in [0.15, 0.2) is 5.03 Å². The molecule has 0 aliphatic rings. The molecule has 0 aromatic heterocycles. The van der Waals surface area contributed by atoms with Crippen molar-refractivity contribution in [3.05, 3.63) is 10.1 Å². The number of hydrogen-bond acceptors (Lipinski definition) is 3. The molecule has 0 aromatic rings. The number of nitrogens with one attached hydrogen (secondary N) is 3. The van der Waals surface area contributed by atoms with E-state index in [9.17, 15) is 14.9 Å². The van der Waals surface area contributed by atoms with Crippen LogP contribution in [0.25, 0.3) is 0 Å². The summed E-state index contributed by atoms with van der Waals surface area (Å²) in [5.41, 5.74) is 1.94. The van der Waals surface area contributed by atoms with E-state index in [0.717, 1.165) is 6.42 Å². The Kier molecular flexibility index (Phi) is 6.30. The molecule has 13 heavy (non-hydrogen) atoms. The normalized spacial score (nSPS) is 9.00. The molecule has 0 aliphatic heterocycles. The quantitative estimate of drug-likeness (QED) is 0.298. The predicted molar refractivity (Wildman–Crippen MR) is 46.7 cm³/mol. The summed E-state index contributed by atoms with van der Waals surface area (Å²) >= 11 is 0. The number of hydrazine groups is 1. The van der Waals surface area contributed by atoms with E-state index in [1.54, 1.807) is 0 Å². The lowest BCUT2D eigenvalue weighted by Gasteiger charge is -2.04.